The van der Waals surface area contributed by atoms with Crippen molar-refractivity contribution in [3.63, 3.8) is 0 Å². The van der Waals surface area contributed by atoms with Crippen molar-refractivity contribution in [1.29, 1.82) is 0 Å². The molecule has 0 fully saturated rings. The number of nitrogens with zero attached hydrogens (tertiary/aromatic N) is 2. The van der Waals surface area contributed by atoms with E-state index in [2.05, 4.69) is 48.3 Å². The molecular weight excluding hydrogens is 324 g/mol. The molecule has 2 aromatic carbocycles. The van der Waals surface area contributed by atoms with E-state index >= 15 is 0 Å². The molecular formula is C22H20N2O2. The highest BCUT2D eigenvalue weighted by atomic mass is 16.5. The summed E-state index contributed by atoms with van der Waals surface area (Å²) in [5, 5.41) is 6.99. The summed E-state index contributed by atoms with van der Waals surface area (Å²) in [5.41, 5.74) is 4.68. The zero-order valence-electron chi connectivity index (χ0n) is 14.8. The van der Waals surface area contributed by atoms with Crippen LogP contribution in [0.2, 0.25) is 0 Å². The number of hydrogen-bond donors (Lipinski definition) is 0. The lowest BCUT2D eigenvalue weighted by molar-refractivity contribution is -0.0329. The zero-order valence-corrected chi connectivity index (χ0v) is 14.8. The summed E-state index contributed by atoms with van der Waals surface area (Å²) in [6.45, 7) is 4.05. The lowest BCUT2D eigenvalue weighted by Gasteiger charge is -2.36. The molecule has 2 aliphatic rings. The van der Waals surface area contributed by atoms with Gasteiger partial charge in [0.1, 0.15) is 11.5 Å². The molecule has 2 atom stereocenters. The standard InChI is InChI=1S/C22H20N2O2/c1-14-7-10-16(11-8-14)18-13-19-17-5-3-4-6-20(17)26-22(24(19)23-18)21-12-9-15(2)25-21/h3-12,19,22H,13H2,1-2H3/t19-,22+/m1/s1. The second kappa shape index (κ2) is 5.77. The Morgan fingerprint density at radius 1 is 0.962 bits per heavy atom. The molecule has 0 saturated carbocycles. The van der Waals surface area contributed by atoms with Crippen LogP contribution in [-0.4, -0.2) is 10.7 Å². The number of aryl methyl sites for hydroxylation is 2. The van der Waals surface area contributed by atoms with E-state index in [9.17, 15) is 0 Å². The van der Waals surface area contributed by atoms with Gasteiger partial charge in [-0.3, -0.25) is 0 Å². The second-order valence-electron chi connectivity index (χ2n) is 6.97. The topological polar surface area (TPSA) is 38.0 Å². The summed E-state index contributed by atoms with van der Waals surface area (Å²) in [6, 6.07) is 20.9. The Kier molecular flexibility index (Phi) is 3.38. The van der Waals surface area contributed by atoms with Crippen molar-refractivity contribution in [3.05, 3.63) is 88.9 Å². The van der Waals surface area contributed by atoms with Crippen LogP contribution in [0.1, 0.15) is 46.9 Å². The fourth-order valence-electron chi connectivity index (χ4n) is 3.73. The Bertz CT molecular complexity index is 987. The van der Waals surface area contributed by atoms with Crippen molar-refractivity contribution in [2.24, 2.45) is 5.10 Å². The maximum atomic E-state index is 6.27. The number of para-hydroxylation sites is 1. The molecule has 1 aromatic heterocycles. The Labute approximate surface area is 152 Å². The van der Waals surface area contributed by atoms with Crippen LogP contribution in [0.25, 0.3) is 0 Å². The first-order valence-corrected chi connectivity index (χ1v) is 8.94. The number of hydrazone groups is 1. The van der Waals surface area contributed by atoms with Gasteiger partial charge >= 0.3 is 0 Å². The van der Waals surface area contributed by atoms with Gasteiger partial charge in [0.05, 0.1) is 11.8 Å². The highest BCUT2D eigenvalue weighted by Gasteiger charge is 2.42. The maximum absolute atomic E-state index is 6.27. The Morgan fingerprint density at radius 2 is 1.77 bits per heavy atom. The van der Waals surface area contributed by atoms with Gasteiger partial charge in [-0.25, -0.2) is 5.01 Å². The highest BCUT2D eigenvalue weighted by molar-refractivity contribution is 6.02. The third-order valence-corrected chi connectivity index (χ3v) is 5.09. The molecule has 4 nitrogen and oxygen atoms in total. The maximum Gasteiger partial charge on any atom is 0.246 e. The van der Waals surface area contributed by atoms with Gasteiger partial charge in [-0.05, 0) is 37.6 Å². The molecule has 0 amide bonds. The van der Waals surface area contributed by atoms with Gasteiger partial charge in [-0.15, -0.1) is 0 Å². The lowest BCUT2D eigenvalue weighted by Crippen LogP contribution is -2.33. The number of furan rings is 1. The second-order valence-corrected chi connectivity index (χ2v) is 6.97. The first-order chi connectivity index (χ1) is 12.7. The predicted molar refractivity (Wildman–Crippen MR) is 100 cm³/mol. The molecule has 0 spiro atoms. The Hall–Kier alpha value is -3.01. The van der Waals surface area contributed by atoms with E-state index in [1.54, 1.807) is 0 Å². The van der Waals surface area contributed by atoms with Crippen molar-refractivity contribution in [3.8, 4) is 5.75 Å². The quantitative estimate of drug-likeness (QED) is 0.646. The van der Waals surface area contributed by atoms with E-state index in [0.717, 1.165) is 35.0 Å². The van der Waals surface area contributed by atoms with Crippen molar-refractivity contribution < 1.29 is 9.15 Å². The van der Waals surface area contributed by atoms with Gasteiger partial charge < -0.3 is 9.15 Å². The molecule has 3 heterocycles. The third-order valence-electron chi connectivity index (χ3n) is 5.09. The minimum Gasteiger partial charge on any atom is -0.461 e. The van der Waals surface area contributed by atoms with Gasteiger partial charge in [0.25, 0.3) is 0 Å². The lowest BCUT2D eigenvalue weighted by atomic mass is 9.96. The van der Waals surface area contributed by atoms with Crippen molar-refractivity contribution in [1.82, 2.24) is 5.01 Å². The van der Waals surface area contributed by atoms with E-state index in [1.165, 1.54) is 11.1 Å². The van der Waals surface area contributed by atoms with Crippen LogP contribution in [0.5, 0.6) is 5.75 Å². The average Bonchev–Trinajstić information content (AvgIpc) is 3.28. The minimum absolute atomic E-state index is 0.159. The van der Waals surface area contributed by atoms with Crippen molar-refractivity contribution in [2.75, 3.05) is 0 Å². The highest BCUT2D eigenvalue weighted by Crippen LogP contribution is 2.47. The number of rotatable bonds is 2. The summed E-state index contributed by atoms with van der Waals surface area (Å²) >= 11 is 0. The van der Waals surface area contributed by atoms with Crippen LogP contribution < -0.4 is 4.74 Å². The van der Waals surface area contributed by atoms with Crippen LogP contribution in [0.3, 0.4) is 0 Å². The van der Waals surface area contributed by atoms with Crippen LogP contribution in [0.15, 0.2) is 70.2 Å². The predicted octanol–water partition coefficient (Wildman–Crippen LogP) is 5.14. The van der Waals surface area contributed by atoms with Crippen LogP contribution in [0, 0.1) is 13.8 Å². The number of benzene rings is 2. The molecule has 130 valence electrons. The van der Waals surface area contributed by atoms with Crippen molar-refractivity contribution >= 4 is 5.71 Å². The average molecular weight is 344 g/mol. The summed E-state index contributed by atoms with van der Waals surface area (Å²) < 4.78 is 12.1. The summed E-state index contributed by atoms with van der Waals surface area (Å²) in [7, 11) is 0. The molecule has 0 radical (unpaired) electrons. The molecule has 0 unspecified atom stereocenters. The number of ether oxygens (including phenoxy) is 1. The molecule has 0 aliphatic carbocycles. The Balaban J connectivity index is 1.59. The third kappa shape index (κ3) is 2.41. The molecule has 3 aromatic rings. The summed E-state index contributed by atoms with van der Waals surface area (Å²) in [5.74, 6) is 2.57. The first kappa shape index (κ1) is 15.3. The molecule has 0 N–H and O–H groups in total. The van der Waals surface area contributed by atoms with Gasteiger partial charge in [0, 0.05) is 12.0 Å². The summed E-state index contributed by atoms with van der Waals surface area (Å²) in [6.07, 6.45) is 0.520. The molecule has 5 rings (SSSR count). The van der Waals surface area contributed by atoms with Crippen LogP contribution in [0.4, 0.5) is 0 Å². The van der Waals surface area contributed by atoms with Gasteiger partial charge in [0.15, 0.2) is 5.76 Å². The molecule has 0 bridgehead atoms. The van der Waals surface area contributed by atoms with E-state index in [1.807, 2.05) is 31.2 Å². The fraction of sp³-hybridized carbons (Fsp3) is 0.227. The van der Waals surface area contributed by atoms with Gasteiger partial charge in [-0.2, -0.15) is 5.10 Å². The zero-order chi connectivity index (χ0) is 17.7. The minimum atomic E-state index is -0.341. The number of fused-ring (bicyclic) bond motifs is 3. The van der Waals surface area contributed by atoms with Crippen LogP contribution in [-0.2, 0) is 0 Å². The fourth-order valence-corrected chi connectivity index (χ4v) is 3.73. The van der Waals surface area contributed by atoms with E-state index < -0.39 is 0 Å². The van der Waals surface area contributed by atoms with Gasteiger partial charge in [0.2, 0.25) is 6.23 Å². The van der Waals surface area contributed by atoms with Crippen molar-refractivity contribution in [2.45, 2.75) is 32.5 Å². The van der Waals surface area contributed by atoms with Crippen LogP contribution >= 0.6 is 0 Å². The first-order valence-electron chi connectivity index (χ1n) is 8.94. The molecule has 2 aliphatic heterocycles. The van der Waals surface area contributed by atoms with Gasteiger partial charge in [-0.1, -0.05) is 48.0 Å². The monoisotopic (exact) mass is 344 g/mol. The summed E-state index contributed by atoms with van der Waals surface area (Å²) in [4.78, 5) is 0. The molecule has 26 heavy (non-hydrogen) atoms. The SMILES string of the molecule is Cc1ccc(C2=NN3[C@H](C2)c2ccccc2O[C@H]3c2ccc(C)o2)cc1. The smallest absolute Gasteiger partial charge is 0.246 e. The normalized spacial score (nSPS) is 21.0. The molecule has 4 heteroatoms. The van der Waals surface area contributed by atoms with E-state index in [0.29, 0.717) is 0 Å². The largest absolute Gasteiger partial charge is 0.461 e. The van der Waals surface area contributed by atoms with E-state index in [4.69, 9.17) is 14.3 Å². The molecule has 0 saturated heterocycles. The Morgan fingerprint density at radius 3 is 2.54 bits per heavy atom. The number of hydrogen-bond acceptors (Lipinski definition) is 4. The van der Waals surface area contributed by atoms with E-state index in [-0.39, 0.29) is 12.3 Å².